The van der Waals surface area contributed by atoms with E-state index in [-0.39, 0.29) is 17.8 Å². The number of carbonyl (C=O) groups is 1. The molecular formula is C12H12F2O2. The second kappa shape index (κ2) is 4.20. The summed E-state index contributed by atoms with van der Waals surface area (Å²) in [6.07, 6.45) is 0.657. The van der Waals surface area contributed by atoms with E-state index in [2.05, 4.69) is 0 Å². The van der Waals surface area contributed by atoms with Crippen molar-refractivity contribution in [3.8, 4) is 0 Å². The number of rotatable bonds is 3. The first kappa shape index (κ1) is 11.0. The number of hydrogen-bond donors (Lipinski definition) is 0. The van der Waals surface area contributed by atoms with E-state index in [9.17, 15) is 13.6 Å². The van der Waals surface area contributed by atoms with Crippen LogP contribution < -0.4 is 0 Å². The Morgan fingerprint density at radius 1 is 1.44 bits per heavy atom. The fraction of sp³-hybridized carbons (Fsp3) is 0.417. The zero-order chi connectivity index (χ0) is 11.7. The van der Waals surface area contributed by atoms with Gasteiger partial charge in [-0.15, -0.1) is 0 Å². The Balaban J connectivity index is 2.06. The second-order valence-electron chi connectivity index (χ2n) is 3.87. The summed E-state index contributed by atoms with van der Waals surface area (Å²) in [5, 5.41) is 0. The molecule has 0 spiro atoms. The Kier molecular flexibility index (Phi) is 2.90. The molecule has 0 amide bonds. The fourth-order valence-corrected chi connectivity index (χ4v) is 1.82. The van der Waals surface area contributed by atoms with Gasteiger partial charge in [-0.2, -0.15) is 0 Å². The van der Waals surface area contributed by atoms with Gasteiger partial charge in [0.05, 0.1) is 12.5 Å². The molecule has 0 aliphatic heterocycles. The molecule has 0 aromatic heterocycles. The molecule has 1 aromatic rings. The Labute approximate surface area is 92.2 Å². The van der Waals surface area contributed by atoms with E-state index >= 15 is 0 Å². The minimum atomic E-state index is -0.869. The van der Waals surface area contributed by atoms with Gasteiger partial charge in [0.15, 0.2) is 11.6 Å². The van der Waals surface area contributed by atoms with Crippen LogP contribution in [0.2, 0.25) is 0 Å². The van der Waals surface area contributed by atoms with Crippen molar-refractivity contribution in [1.29, 1.82) is 0 Å². The molecule has 1 saturated carbocycles. The second-order valence-corrected chi connectivity index (χ2v) is 3.87. The molecule has 0 unspecified atom stereocenters. The molecule has 0 bridgehead atoms. The molecule has 0 N–H and O–H groups in total. The van der Waals surface area contributed by atoms with Crippen LogP contribution in [0.25, 0.3) is 0 Å². The quantitative estimate of drug-likeness (QED) is 0.740. The number of benzene rings is 1. The molecule has 1 fully saturated rings. The van der Waals surface area contributed by atoms with E-state index in [1.54, 1.807) is 6.92 Å². The number of ether oxygens (including phenoxy) is 1. The maximum Gasteiger partial charge on any atom is 0.309 e. The molecule has 4 heteroatoms. The first-order chi connectivity index (χ1) is 7.63. The molecule has 0 radical (unpaired) electrons. The number of halogens is 2. The fourth-order valence-electron chi connectivity index (χ4n) is 1.82. The molecule has 2 rings (SSSR count). The third-order valence-corrected chi connectivity index (χ3v) is 2.75. The van der Waals surface area contributed by atoms with Crippen LogP contribution in [0, 0.1) is 17.6 Å². The van der Waals surface area contributed by atoms with E-state index in [1.807, 2.05) is 0 Å². The highest BCUT2D eigenvalue weighted by atomic mass is 19.2. The molecule has 86 valence electrons. The molecule has 1 aliphatic rings. The zero-order valence-electron chi connectivity index (χ0n) is 8.87. The highest BCUT2D eigenvalue weighted by Gasteiger charge is 2.45. The molecule has 0 heterocycles. The number of carbonyl (C=O) groups excluding carboxylic acids is 1. The average Bonchev–Trinajstić information content (AvgIpc) is 3.02. The molecule has 2 atom stereocenters. The van der Waals surface area contributed by atoms with Gasteiger partial charge in [-0.25, -0.2) is 8.78 Å². The number of esters is 1. The minimum Gasteiger partial charge on any atom is -0.466 e. The summed E-state index contributed by atoms with van der Waals surface area (Å²) in [5.74, 6) is -2.19. The Morgan fingerprint density at radius 3 is 2.81 bits per heavy atom. The highest BCUT2D eigenvalue weighted by molar-refractivity contribution is 5.77. The SMILES string of the molecule is CCOC(=O)[C@H]1C[C@H]1c1ccc(F)c(F)c1. The summed E-state index contributed by atoms with van der Waals surface area (Å²) in [5.41, 5.74) is 0.664. The molecule has 0 saturated heterocycles. The standard InChI is InChI=1S/C12H12F2O2/c1-2-16-12(15)9-6-8(9)7-3-4-10(13)11(14)5-7/h3-5,8-9H,2,6H2,1H3/t8-,9-/m0/s1. The molecule has 16 heavy (non-hydrogen) atoms. The maximum absolute atomic E-state index is 13.0. The maximum atomic E-state index is 13.0. The molecule has 1 aromatic carbocycles. The predicted molar refractivity (Wildman–Crippen MR) is 53.8 cm³/mol. The van der Waals surface area contributed by atoms with Crippen molar-refractivity contribution in [3.05, 3.63) is 35.4 Å². The summed E-state index contributed by atoms with van der Waals surface area (Å²) < 4.78 is 30.5. The van der Waals surface area contributed by atoms with Crippen LogP contribution >= 0.6 is 0 Å². The Morgan fingerprint density at radius 2 is 2.19 bits per heavy atom. The van der Waals surface area contributed by atoms with Gasteiger partial charge in [0.25, 0.3) is 0 Å². The van der Waals surface area contributed by atoms with Crippen LogP contribution in [0.5, 0.6) is 0 Å². The van der Waals surface area contributed by atoms with Crippen LogP contribution in [0.15, 0.2) is 18.2 Å². The lowest BCUT2D eigenvalue weighted by molar-refractivity contribution is -0.144. The lowest BCUT2D eigenvalue weighted by atomic mass is 10.1. The Bertz CT molecular complexity index is 417. The molecule has 2 nitrogen and oxygen atoms in total. The lowest BCUT2D eigenvalue weighted by Crippen LogP contribution is -2.07. The van der Waals surface area contributed by atoms with Gasteiger partial charge in [-0.1, -0.05) is 6.07 Å². The molecule has 1 aliphatic carbocycles. The van der Waals surface area contributed by atoms with Gasteiger partial charge in [0.1, 0.15) is 0 Å². The van der Waals surface area contributed by atoms with Crippen LogP contribution in [0.1, 0.15) is 24.8 Å². The predicted octanol–water partition coefficient (Wildman–Crippen LogP) is 2.63. The van der Waals surface area contributed by atoms with Gasteiger partial charge >= 0.3 is 5.97 Å². The zero-order valence-corrected chi connectivity index (χ0v) is 8.87. The summed E-state index contributed by atoms with van der Waals surface area (Å²) in [4.78, 5) is 11.4. The van der Waals surface area contributed by atoms with Gasteiger partial charge in [-0.3, -0.25) is 4.79 Å². The lowest BCUT2D eigenvalue weighted by Gasteiger charge is -2.02. The highest BCUT2D eigenvalue weighted by Crippen LogP contribution is 2.48. The first-order valence-corrected chi connectivity index (χ1v) is 5.25. The van der Waals surface area contributed by atoms with Crippen molar-refractivity contribution in [2.75, 3.05) is 6.61 Å². The van der Waals surface area contributed by atoms with Gasteiger partial charge in [0.2, 0.25) is 0 Å². The largest absolute Gasteiger partial charge is 0.466 e. The van der Waals surface area contributed by atoms with Crippen molar-refractivity contribution in [2.24, 2.45) is 5.92 Å². The van der Waals surface area contributed by atoms with Crippen LogP contribution in [-0.2, 0) is 9.53 Å². The van der Waals surface area contributed by atoms with Crippen molar-refractivity contribution >= 4 is 5.97 Å². The first-order valence-electron chi connectivity index (χ1n) is 5.25. The topological polar surface area (TPSA) is 26.3 Å². The van der Waals surface area contributed by atoms with Gasteiger partial charge in [0, 0.05) is 0 Å². The van der Waals surface area contributed by atoms with E-state index in [0.717, 1.165) is 12.1 Å². The van der Waals surface area contributed by atoms with Crippen molar-refractivity contribution in [1.82, 2.24) is 0 Å². The van der Waals surface area contributed by atoms with Gasteiger partial charge in [-0.05, 0) is 37.0 Å². The van der Waals surface area contributed by atoms with Crippen LogP contribution in [0.3, 0.4) is 0 Å². The third-order valence-electron chi connectivity index (χ3n) is 2.75. The Hall–Kier alpha value is -1.45. The van der Waals surface area contributed by atoms with Crippen LogP contribution in [-0.4, -0.2) is 12.6 Å². The summed E-state index contributed by atoms with van der Waals surface area (Å²) in [6.45, 7) is 2.09. The average molecular weight is 226 g/mol. The van der Waals surface area contributed by atoms with Crippen molar-refractivity contribution in [3.63, 3.8) is 0 Å². The monoisotopic (exact) mass is 226 g/mol. The third kappa shape index (κ3) is 2.05. The summed E-state index contributed by atoms with van der Waals surface area (Å²) in [7, 11) is 0. The smallest absolute Gasteiger partial charge is 0.309 e. The summed E-state index contributed by atoms with van der Waals surface area (Å²) >= 11 is 0. The normalized spacial score (nSPS) is 22.9. The van der Waals surface area contributed by atoms with Crippen LogP contribution in [0.4, 0.5) is 8.78 Å². The van der Waals surface area contributed by atoms with E-state index < -0.39 is 11.6 Å². The molecular weight excluding hydrogens is 214 g/mol. The minimum absolute atomic E-state index is 0.0193. The summed E-state index contributed by atoms with van der Waals surface area (Å²) in [6, 6.07) is 3.76. The van der Waals surface area contributed by atoms with E-state index in [4.69, 9.17) is 4.74 Å². The van der Waals surface area contributed by atoms with Crippen molar-refractivity contribution < 1.29 is 18.3 Å². The van der Waals surface area contributed by atoms with Crippen molar-refractivity contribution in [2.45, 2.75) is 19.3 Å². The number of hydrogen-bond acceptors (Lipinski definition) is 2. The van der Waals surface area contributed by atoms with E-state index in [0.29, 0.717) is 18.6 Å². The van der Waals surface area contributed by atoms with Gasteiger partial charge < -0.3 is 4.74 Å². The van der Waals surface area contributed by atoms with E-state index in [1.165, 1.54) is 6.07 Å².